The molecule has 0 heterocycles. The molecule has 0 saturated heterocycles. The number of hydrogen-bond acceptors (Lipinski definition) is 5. The number of amides is 2. The topological polar surface area (TPSA) is 93.7 Å². The molecule has 0 aliphatic rings. The number of nitrogens with one attached hydrogen (secondary N) is 2. The Hall–Kier alpha value is -2.05. The second-order valence-corrected chi connectivity index (χ2v) is 7.11. The number of methoxy groups -OCH3 is 1. The molecule has 0 aromatic heterocycles. The summed E-state index contributed by atoms with van der Waals surface area (Å²) in [4.78, 5) is 36.2. The smallest absolute Gasteiger partial charge is 0.408 e. The van der Waals surface area contributed by atoms with Gasteiger partial charge in [-0.05, 0) is 40.0 Å². The summed E-state index contributed by atoms with van der Waals surface area (Å²) in [5.41, 5.74) is 0.0586. The number of alkyl carbamates (subject to hydrolysis) is 1. The second kappa shape index (κ2) is 9.30. The van der Waals surface area contributed by atoms with E-state index in [9.17, 15) is 14.4 Å². The number of carbonyl (C=O) groups is 3. The minimum absolute atomic E-state index is 0.194. The normalized spacial score (nSPS) is 13.7. The summed E-state index contributed by atoms with van der Waals surface area (Å²) in [7, 11) is 1.25. The Morgan fingerprint density at radius 1 is 1.12 bits per heavy atom. The maximum absolute atomic E-state index is 12.5. The molecule has 0 aromatic rings. The molecule has 0 fully saturated rings. The van der Waals surface area contributed by atoms with Crippen LogP contribution in [0.4, 0.5) is 4.79 Å². The zero-order valence-electron chi connectivity index (χ0n) is 15.7. The standard InChI is InChI=1S/C17H30N2O5/c1-10(2)9-12(15(21)23-8)18-14(20)13(11(3)4)19-16(22)24-17(5,6)7/h11-13H,1,9H2,2-8H3,(H,18,20)(H,19,22)/t12-,13+/m1/s1. The van der Waals surface area contributed by atoms with Crippen molar-refractivity contribution in [1.29, 1.82) is 0 Å². The lowest BCUT2D eigenvalue weighted by molar-refractivity contribution is -0.145. The van der Waals surface area contributed by atoms with Crippen molar-refractivity contribution in [1.82, 2.24) is 10.6 Å². The van der Waals surface area contributed by atoms with Crippen LogP contribution in [0.2, 0.25) is 0 Å². The van der Waals surface area contributed by atoms with E-state index in [1.54, 1.807) is 41.5 Å². The van der Waals surface area contributed by atoms with Crippen LogP contribution in [0.1, 0.15) is 48.0 Å². The summed E-state index contributed by atoms with van der Waals surface area (Å²) in [5, 5.41) is 5.14. The fourth-order valence-corrected chi connectivity index (χ4v) is 1.91. The van der Waals surface area contributed by atoms with Crippen LogP contribution in [-0.2, 0) is 19.1 Å². The molecule has 0 bridgehead atoms. The van der Waals surface area contributed by atoms with E-state index in [1.165, 1.54) is 7.11 Å². The molecule has 0 aromatic carbocycles. The molecule has 2 N–H and O–H groups in total. The van der Waals surface area contributed by atoms with Crippen LogP contribution in [0.15, 0.2) is 12.2 Å². The highest BCUT2D eigenvalue weighted by atomic mass is 16.6. The molecule has 0 spiro atoms. The van der Waals surface area contributed by atoms with Crippen LogP contribution in [0, 0.1) is 5.92 Å². The van der Waals surface area contributed by atoms with Gasteiger partial charge in [-0.15, -0.1) is 6.58 Å². The minimum Gasteiger partial charge on any atom is -0.467 e. The zero-order valence-corrected chi connectivity index (χ0v) is 15.7. The average molecular weight is 342 g/mol. The molecule has 7 nitrogen and oxygen atoms in total. The Morgan fingerprint density at radius 3 is 2.04 bits per heavy atom. The Balaban J connectivity index is 5.03. The fraction of sp³-hybridized carbons (Fsp3) is 0.706. The summed E-state index contributed by atoms with van der Waals surface area (Å²) in [6, 6.07) is -1.68. The van der Waals surface area contributed by atoms with Gasteiger partial charge in [0.2, 0.25) is 5.91 Å². The van der Waals surface area contributed by atoms with Crippen molar-refractivity contribution in [3.8, 4) is 0 Å². The third-order valence-corrected chi connectivity index (χ3v) is 2.98. The summed E-state index contributed by atoms with van der Waals surface area (Å²) in [5.74, 6) is -1.24. The van der Waals surface area contributed by atoms with Crippen LogP contribution in [0.5, 0.6) is 0 Å². The zero-order chi connectivity index (χ0) is 19.1. The molecule has 0 rings (SSSR count). The highest BCUT2D eigenvalue weighted by Crippen LogP contribution is 2.10. The third-order valence-electron chi connectivity index (χ3n) is 2.98. The lowest BCUT2D eigenvalue weighted by Crippen LogP contribution is -2.54. The SMILES string of the molecule is C=C(C)C[C@@H](NC(=O)[C@@H](NC(=O)OC(C)(C)C)C(C)C)C(=O)OC. The summed E-state index contributed by atoms with van der Waals surface area (Å²) in [6.07, 6.45) is -0.429. The second-order valence-electron chi connectivity index (χ2n) is 7.11. The van der Waals surface area contributed by atoms with E-state index in [-0.39, 0.29) is 12.3 Å². The number of ether oxygens (including phenoxy) is 2. The lowest BCUT2D eigenvalue weighted by atomic mass is 10.0. The van der Waals surface area contributed by atoms with Gasteiger partial charge in [-0.1, -0.05) is 19.4 Å². The van der Waals surface area contributed by atoms with Crippen molar-refractivity contribution in [3.05, 3.63) is 12.2 Å². The maximum atomic E-state index is 12.5. The van der Waals surface area contributed by atoms with Gasteiger partial charge in [0.15, 0.2) is 0 Å². The first-order valence-electron chi connectivity index (χ1n) is 7.89. The molecule has 138 valence electrons. The van der Waals surface area contributed by atoms with Crippen LogP contribution in [0.3, 0.4) is 0 Å². The van der Waals surface area contributed by atoms with Crippen molar-refractivity contribution in [2.24, 2.45) is 5.92 Å². The molecular weight excluding hydrogens is 312 g/mol. The highest BCUT2D eigenvalue weighted by Gasteiger charge is 2.30. The molecule has 0 aliphatic carbocycles. The van der Waals surface area contributed by atoms with E-state index in [2.05, 4.69) is 17.2 Å². The molecule has 2 amide bonds. The van der Waals surface area contributed by atoms with Crippen molar-refractivity contribution >= 4 is 18.0 Å². The van der Waals surface area contributed by atoms with Crippen molar-refractivity contribution < 1.29 is 23.9 Å². The molecule has 0 saturated carbocycles. The van der Waals surface area contributed by atoms with Gasteiger partial charge in [0.05, 0.1) is 7.11 Å². The predicted octanol–water partition coefficient (Wildman–Crippen LogP) is 2.16. The molecule has 0 radical (unpaired) electrons. The molecule has 2 atom stereocenters. The van der Waals surface area contributed by atoms with Crippen LogP contribution < -0.4 is 10.6 Å². The average Bonchev–Trinajstić information content (AvgIpc) is 2.40. The van der Waals surface area contributed by atoms with E-state index >= 15 is 0 Å². The Morgan fingerprint density at radius 2 is 1.67 bits per heavy atom. The van der Waals surface area contributed by atoms with Gasteiger partial charge in [-0.25, -0.2) is 9.59 Å². The van der Waals surface area contributed by atoms with E-state index in [4.69, 9.17) is 9.47 Å². The van der Waals surface area contributed by atoms with Crippen molar-refractivity contribution in [2.45, 2.75) is 65.6 Å². The fourth-order valence-electron chi connectivity index (χ4n) is 1.91. The van der Waals surface area contributed by atoms with Gasteiger partial charge in [0.25, 0.3) is 0 Å². The van der Waals surface area contributed by atoms with E-state index in [1.807, 2.05) is 0 Å². The molecule has 0 unspecified atom stereocenters. The third kappa shape index (κ3) is 8.55. The van der Waals surface area contributed by atoms with E-state index < -0.39 is 35.7 Å². The maximum Gasteiger partial charge on any atom is 0.408 e. The Labute approximate surface area is 144 Å². The predicted molar refractivity (Wildman–Crippen MR) is 91.4 cm³/mol. The van der Waals surface area contributed by atoms with Gasteiger partial charge < -0.3 is 20.1 Å². The summed E-state index contributed by atoms with van der Waals surface area (Å²) < 4.78 is 9.87. The first kappa shape index (κ1) is 21.9. The quantitative estimate of drug-likeness (QED) is 0.546. The van der Waals surface area contributed by atoms with E-state index in [0.717, 1.165) is 5.57 Å². The van der Waals surface area contributed by atoms with Crippen molar-refractivity contribution in [2.75, 3.05) is 7.11 Å². The Kier molecular flexibility index (Phi) is 8.50. The van der Waals surface area contributed by atoms with Gasteiger partial charge in [0.1, 0.15) is 17.7 Å². The van der Waals surface area contributed by atoms with Crippen molar-refractivity contribution in [3.63, 3.8) is 0 Å². The number of carbonyl (C=O) groups excluding carboxylic acids is 3. The Bertz CT molecular complexity index is 480. The van der Waals surface area contributed by atoms with Crippen LogP contribution >= 0.6 is 0 Å². The van der Waals surface area contributed by atoms with Gasteiger partial charge >= 0.3 is 12.1 Å². The summed E-state index contributed by atoms with van der Waals surface area (Å²) >= 11 is 0. The molecule has 24 heavy (non-hydrogen) atoms. The van der Waals surface area contributed by atoms with Gasteiger partial charge in [-0.2, -0.15) is 0 Å². The molecule has 7 heteroatoms. The first-order valence-corrected chi connectivity index (χ1v) is 7.89. The van der Waals surface area contributed by atoms with Gasteiger partial charge in [-0.3, -0.25) is 4.79 Å². The molecular formula is C17H30N2O5. The minimum atomic E-state index is -0.846. The molecule has 0 aliphatic heterocycles. The van der Waals surface area contributed by atoms with Gasteiger partial charge in [0, 0.05) is 0 Å². The number of esters is 1. The monoisotopic (exact) mass is 342 g/mol. The van der Waals surface area contributed by atoms with E-state index in [0.29, 0.717) is 0 Å². The number of rotatable bonds is 7. The lowest BCUT2D eigenvalue weighted by Gasteiger charge is -2.26. The van der Waals surface area contributed by atoms with Crippen LogP contribution in [-0.4, -0.2) is 42.8 Å². The van der Waals surface area contributed by atoms with Crippen LogP contribution in [0.25, 0.3) is 0 Å². The number of hydrogen-bond donors (Lipinski definition) is 2. The highest BCUT2D eigenvalue weighted by molar-refractivity contribution is 5.90. The first-order chi connectivity index (χ1) is 10.9. The summed E-state index contributed by atoms with van der Waals surface area (Å²) in [6.45, 7) is 14.3. The largest absolute Gasteiger partial charge is 0.467 e.